The second kappa shape index (κ2) is 7.37. The normalized spacial score (nSPS) is 11.0. The van der Waals surface area contributed by atoms with E-state index in [0.717, 1.165) is 6.54 Å². The van der Waals surface area contributed by atoms with Gasteiger partial charge in [0.15, 0.2) is 0 Å². The summed E-state index contributed by atoms with van der Waals surface area (Å²) in [5.41, 5.74) is 5.00. The maximum Gasteiger partial charge on any atom is 0.0742 e. The highest BCUT2D eigenvalue weighted by Crippen LogP contribution is 2.23. The fraction of sp³-hybridized carbons (Fsp3) is 0.130. The van der Waals surface area contributed by atoms with Crippen LogP contribution in [0.4, 0.5) is 0 Å². The van der Waals surface area contributed by atoms with Crippen molar-refractivity contribution in [2.75, 3.05) is 0 Å². The summed E-state index contributed by atoms with van der Waals surface area (Å²) in [5, 5.41) is 1.27. The zero-order chi connectivity index (χ0) is 16.9. The van der Waals surface area contributed by atoms with Crippen molar-refractivity contribution in [3.05, 3.63) is 108 Å². The van der Waals surface area contributed by atoms with Crippen LogP contribution >= 0.6 is 0 Å². The van der Waals surface area contributed by atoms with Crippen molar-refractivity contribution >= 4 is 10.9 Å². The number of hydrogen-bond donors (Lipinski definition) is 0. The van der Waals surface area contributed by atoms with Gasteiger partial charge in [0.1, 0.15) is 0 Å². The monoisotopic (exact) mass is 327 g/mol. The molecule has 4 aromatic rings. The molecule has 0 aliphatic heterocycles. The van der Waals surface area contributed by atoms with Gasteiger partial charge in [-0.2, -0.15) is 0 Å². The highest BCUT2D eigenvalue weighted by Gasteiger charge is 2.08. The van der Waals surface area contributed by atoms with Gasteiger partial charge in [-0.25, -0.2) is 0 Å². The number of hydrogen-bond acceptors (Lipinski definition) is 1. The molecular weight excluding hydrogens is 306 g/mol. The molecule has 2 heteroatoms. The number of rotatable bonds is 6. The molecule has 0 bridgehead atoms. The van der Waals surface area contributed by atoms with E-state index in [1.54, 1.807) is 0 Å². The Kier molecular flexibility index (Phi) is 4.62. The summed E-state index contributed by atoms with van der Waals surface area (Å²) in [7, 11) is 0. The average molecular weight is 327 g/mol. The van der Waals surface area contributed by atoms with Crippen LogP contribution in [0, 0.1) is 0 Å². The lowest BCUT2D eigenvalue weighted by molar-refractivity contribution is 0.108. The molecule has 4 rings (SSSR count). The zero-order valence-corrected chi connectivity index (χ0v) is 14.1. The van der Waals surface area contributed by atoms with Crippen LogP contribution in [0.2, 0.25) is 0 Å². The Labute approximate surface area is 148 Å². The van der Waals surface area contributed by atoms with Crippen molar-refractivity contribution in [1.82, 2.24) is 4.57 Å². The van der Waals surface area contributed by atoms with E-state index in [0.29, 0.717) is 13.2 Å². The maximum absolute atomic E-state index is 5.96. The average Bonchev–Trinajstić information content (AvgIpc) is 3.01. The lowest BCUT2D eigenvalue weighted by Gasteiger charge is -2.05. The minimum absolute atomic E-state index is 0.622. The second-order valence-corrected chi connectivity index (χ2v) is 6.26. The van der Waals surface area contributed by atoms with Crippen molar-refractivity contribution in [1.29, 1.82) is 0 Å². The van der Waals surface area contributed by atoms with Crippen LogP contribution in [0.15, 0.2) is 91.1 Å². The molecule has 0 aliphatic rings. The summed E-state index contributed by atoms with van der Waals surface area (Å²) in [4.78, 5) is 0. The zero-order valence-electron chi connectivity index (χ0n) is 14.1. The molecule has 0 aliphatic carbocycles. The molecule has 0 saturated carbocycles. The van der Waals surface area contributed by atoms with Crippen molar-refractivity contribution in [2.45, 2.75) is 19.8 Å². The van der Waals surface area contributed by atoms with Crippen LogP contribution in [0.25, 0.3) is 10.9 Å². The van der Waals surface area contributed by atoms with E-state index in [9.17, 15) is 0 Å². The SMILES string of the molecule is c1ccc(COCc2cn(Cc3ccccc3)c3ccccc23)cc1. The predicted octanol–water partition coefficient (Wildman–Crippen LogP) is 5.41. The Balaban J connectivity index is 1.54. The van der Waals surface area contributed by atoms with Gasteiger partial charge >= 0.3 is 0 Å². The quantitative estimate of drug-likeness (QED) is 0.462. The summed E-state index contributed by atoms with van der Waals surface area (Å²) in [6.07, 6.45) is 2.22. The van der Waals surface area contributed by atoms with Crippen LogP contribution < -0.4 is 0 Å². The van der Waals surface area contributed by atoms with Crippen LogP contribution in [-0.4, -0.2) is 4.57 Å². The molecule has 0 atom stereocenters. The van der Waals surface area contributed by atoms with Gasteiger partial charge in [0.05, 0.1) is 13.2 Å². The van der Waals surface area contributed by atoms with Gasteiger partial charge in [0.25, 0.3) is 0 Å². The van der Waals surface area contributed by atoms with Gasteiger partial charge < -0.3 is 9.30 Å². The highest BCUT2D eigenvalue weighted by molar-refractivity contribution is 5.84. The molecule has 25 heavy (non-hydrogen) atoms. The van der Waals surface area contributed by atoms with Gasteiger partial charge in [-0.1, -0.05) is 78.9 Å². The Bertz CT molecular complexity index is 942. The minimum atomic E-state index is 0.622. The molecule has 1 heterocycles. The Hall–Kier alpha value is -2.84. The van der Waals surface area contributed by atoms with E-state index < -0.39 is 0 Å². The first-order chi connectivity index (χ1) is 12.4. The van der Waals surface area contributed by atoms with E-state index >= 15 is 0 Å². The van der Waals surface area contributed by atoms with Gasteiger partial charge in [-0.15, -0.1) is 0 Å². The minimum Gasteiger partial charge on any atom is -0.372 e. The number of nitrogens with zero attached hydrogens (tertiary/aromatic N) is 1. The first kappa shape index (κ1) is 15.7. The molecule has 124 valence electrons. The third-order valence-electron chi connectivity index (χ3n) is 4.44. The van der Waals surface area contributed by atoms with E-state index in [4.69, 9.17) is 4.74 Å². The fourth-order valence-corrected chi connectivity index (χ4v) is 3.20. The molecule has 0 fully saturated rings. The summed E-state index contributed by atoms with van der Waals surface area (Å²) < 4.78 is 8.28. The fourth-order valence-electron chi connectivity index (χ4n) is 3.20. The molecule has 0 amide bonds. The van der Waals surface area contributed by atoms with E-state index in [1.165, 1.54) is 27.6 Å². The number of fused-ring (bicyclic) bond motifs is 1. The largest absolute Gasteiger partial charge is 0.372 e. The molecule has 0 unspecified atom stereocenters. The second-order valence-electron chi connectivity index (χ2n) is 6.26. The highest BCUT2D eigenvalue weighted by atomic mass is 16.5. The Morgan fingerprint density at radius 2 is 1.28 bits per heavy atom. The third-order valence-corrected chi connectivity index (χ3v) is 4.44. The first-order valence-corrected chi connectivity index (χ1v) is 8.62. The van der Waals surface area contributed by atoms with Gasteiger partial charge in [0.2, 0.25) is 0 Å². The predicted molar refractivity (Wildman–Crippen MR) is 102 cm³/mol. The summed E-state index contributed by atoms with van der Waals surface area (Å²) in [5.74, 6) is 0. The molecule has 0 N–H and O–H groups in total. The van der Waals surface area contributed by atoms with Crippen molar-refractivity contribution in [3.8, 4) is 0 Å². The molecule has 0 saturated heterocycles. The lowest BCUT2D eigenvalue weighted by atomic mass is 10.2. The molecule has 0 spiro atoms. The van der Waals surface area contributed by atoms with Crippen molar-refractivity contribution in [2.24, 2.45) is 0 Å². The molecular formula is C23H21NO. The van der Waals surface area contributed by atoms with Gasteiger partial charge in [-0.3, -0.25) is 0 Å². The van der Waals surface area contributed by atoms with Crippen molar-refractivity contribution in [3.63, 3.8) is 0 Å². The lowest BCUT2D eigenvalue weighted by Crippen LogP contribution is -1.97. The van der Waals surface area contributed by atoms with E-state index in [2.05, 4.69) is 77.5 Å². The summed E-state index contributed by atoms with van der Waals surface area (Å²) >= 11 is 0. The van der Waals surface area contributed by atoms with Gasteiger partial charge in [-0.05, 0) is 17.2 Å². The maximum atomic E-state index is 5.96. The third kappa shape index (κ3) is 3.65. The van der Waals surface area contributed by atoms with Crippen LogP contribution in [0.3, 0.4) is 0 Å². The number of para-hydroxylation sites is 1. The molecule has 2 nitrogen and oxygen atoms in total. The standard InChI is InChI=1S/C23H21NO/c1-3-9-19(10-4-1)15-24-16-21(22-13-7-8-14-23(22)24)18-25-17-20-11-5-2-6-12-20/h1-14,16H,15,17-18H2. The smallest absolute Gasteiger partial charge is 0.0742 e. The number of aromatic nitrogens is 1. The first-order valence-electron chi connectivity index (χ1n) is 8.62. The summed E-state index contributed by atoms with van der Waals surface area (Å²) in [6.45, 7) is 2.14. The van der Waals surface area contributed by atoms with Crippen LogP contribution in [0.1, 0.15) is 16.7 Å². The van der Waals surface area contributed by atoms with E-state index in [-0.39, 0.29) is 0 Å². The van der Waals surface area contributed by atoms with E-state index in [1.807, 2.05) is 18.2 Å². The Morgan fingerprint density at radius 3 is 2.04 bits per heavy atom. The van der Waals surface area contributed by atoms with Crippen LogP contribution in [0.5, 0.6) is 0 Å². The molecule has 3 aromatic carbocycles. The summed E-state index contributed by atoms with van der Waals surface area (Å²) in [6, 6.07) is 29.4. The number of benzene rings is 3. The number of ether oxygens (including phenoxy) is 1. The van der Waals surface area contributed by atoms with Gasteiger partial charge in [0, 0.05) is 29.2 Å². The van der Waals surface area contributed by atoms with Crippen LogP contribution in [-0.2, 0) is 24.5 Å². The molecule has 0 radical (unpaired) electrons. The molecule has 1 aromatic heterocycles. The van der Waals surface area contributed by atoms with Crippen molar-refractivity contribution < 1.29 is 4.74 Å². The Morgan fingerprint density at radius 1 is 0.640 bits per heavy atom. The topological polar surface area (TPSA) is 14.2 Å².